The van der Waals surface area contributed by atoms with Crippen LogP contribution in [0.5, 0.6) is 5.88 Å². The number of hydrogen-bond donors (Lipinski definition) is 2. The van der Waals surface area contributed by atoms with E-state index in [1.807, 2.05) is 30.3 Å². The SMILES string of the molecule is O=C(Nc1ccc(S(=O)(=O)Nc2cccc(F)c2)cc1)c1ccnc(OCc2ccccc2)c1. The lowest BCUT2D eigenvalue weighted by Crippen LogP contribution is -2.14. The maximum atomic E-state index is 13.3. The van der Waals surface area contributed by atoms with Crippen LogP contribution in [0.4, 0.5) is 15.8 Å². The molecule has 9 heteroatoms. The Morgan fingerprint density at radius 1 is 0.882 bits per heavy atom. The number of nitrogens with zero attached hydrogens (tertiary/aromatic N) is 1. The number of pyridine rings is 1. The van der Waals surface area contributed by atoms with Crippen LogP contribution in [-0.2, 0) is 16.6 Å². The van der Waals surface area contributed by atoms with Gasteiger partial charge in [-0.15, -0.1) is 0 Å². The fraction of sp³-hybridized carbons (Fsp3) is 0.0400. The number of benzene rings is 3. The number of halogens is 1. The van der Waals surface area contributed by atoms with Gasteiger partial charge in [-0.1, -0.05) is 36.4 Å². The van der Waals surface area contributed by atoms with Crippen molar-refractivity contribution in [1.82, 2.24) is 4.98 Å². The zero-order chi connectivity index (χ0) is 24.0. The summed E-state index contributed by atoms with van der Waals surface area (Å²) in [7, 11) is -3.92. The van der Waals surface area contributed by atoms with E-state index in [1.54, 1.807) is 6.07 Å². The van der Waals surface area contributed by atoms with E-state index in [1.165, 1.54) is 54.7 Å². The smallest absolute Gasteiger partial charge is 0.261 e. The lowest BCUT2D eigenvalue weighted by molar-refractivity contribution is 0.102. The molecule has 34 heavy (non-hydrogen) atoms. The number of hydrogen-bond acceptors (Lipinski definition) is 5. The van der Waals surface area contributed by atoms with E-state index in [2.05, 4.69) is 15.0 Å². The van der Waals surface area contributed by atoms with E-state index < -0.39 is 21.7 Å². The second kappa shape index (κ2) is 10.1. The zero-order valence-corrected chi connectivity index (χ0v) is 18.6. The summed E-state index contributed by atoms with van der Waals surface area (Å²) in [5.74, 6) is -0.648. The topological polar surface area (TPSA) is 97.4 Å². The Kier molecular flexibility index (Phi) is 6.84. The average molecular weight is 478 g/mol. The highest BCUT2D eigenvalue weighted by Crippen LogP contribution is 2.20. The number of carbonyl (C=O) groups is 1. The van der Waals surface area contributed by atoms with Crippen LogP contribution in [0.15, 0.2) is 102 Å². The van der Waals surface area contributed by atoms with Gasteiger partial charge in [-0.05, 0) is 54.1 Å². The minimum absolute atomic E-state index is 0.0322. The first-order chi connectivity index (χ1) is 16.4. The van der Waals surface area contributed by atoms with Crippen LogP contribution in [0.1, 0.15) is 15.9 Å². The van der Waals surface area contributed by atoms with Crippen LogP contribution in [0.3, 0.4) is 0 Å². The van der Waals surface area contributed by atoms with Crippen LogP contribution in [0.2, 0.25) is 0 Å². The van der Waals surface area contributed by atoms with E-state index in [0.717, 1.165) is 11.6 Å². The second-order valence-corrected chi connectivity index (χ2v) is 8.93. The van der Waals surface area contributed by atoms with Crippen LogP contribution in [-0.4, -0.2) is 19.3 Å². The van der Waals surface area contributed by atoms with Gasteiger partial charge in [0.15, 0.2) is 0 Å². The quantitative estimate of drug-likeness (QED) is 0.378. The summed E-state index contributed by atoms with van der Waals surface area (Å²) in [5.41, 5.74) is 1.82. The Morgan fingerprint density at radius 3 is 2.38 bits per heavy atom. The highest BCUT2D eigenvalue weighted by Gasteiger charge is 2.15. The Hall–Kier alpha value is -4.24. The van der Waals surface area contributed by atoms with Crippen molar-refractivity contribution in [3.8, 4) is 5.88 Å². The summed E-state index contributed by atoms with van der Waals surface area (Å²) in [5, 5.41) is 2.71. The molecule has 4 rings (SSSR count). The van der Waals surface area contributed by atoms with Crippen molar-refractivity contribution in [2.75, 3.05) is 10.0 Å². The maximum Gasteiger partial charge on any atom is 0.261 e. The molecule has 0 unspecified atom stereocenters. The third-order valence-corrected chi connectivity index (χ3v) is 6.12. The van der Waals surface area contributed by atoms with Gasteiger partial charge in [-0.3, -0.25) is 9.52 Å². The molecular weight excluding hydrogens is 457 g/mol. The van der Waals surface area contributed by atoms with Crippen molar-refractivity contribution in [2.45, 2.75) is 11.5 Å². The summed E-state index contributed by atoms with van der Waals surface area (Å²) in [6, 6.07) is 23.4. The van der Waals surface area contributed by atoms with Crippen LogP contribution < -0.4 is 14.8 Å². The van der Waals surface area contributed by atoms with Gasteiger partial charge in [0.1, 0.15) is 12.4 Å². The molecule has 4 aromatic rings. The Bertz CT molecular complexity index is 1400. The molecule has 1 amide bonds. The molecule has 0 aliphatic carbocycles. The van der Waals surface area contributed by atoms with Crippen LogP contribution in [0.25, 0.3) is 0 Å². The molecule has 172 valence electrons. The molecule has 0 radical (unpaired) electrons. The predicted molar refractivity (Wildman–Crippen MR) is 127 cm³/mol. The molecule has 7 nitrogen and oxygen atoms in total. The number of amides is 1. The molecule has 3 aromatic carbocycles. The van der Waals surface area contributed by atoms with Gasteiger partial charge in [0.2, 0.25) is 5.88 Å². The Labute approximate surface area is 196 Å². The second-order valence-electron chi connectivity index (χ2n) is 7.25. The number of sulfonamides is 1. The monoisotopic (exact) mass is 477 g/mol. The van der Waals surface area contributed by atoms with Gasteiger partial charge in [0, 0.05) is 23.5 Å². The van der Waals surface area contributed by atoms with E-state index in [0.29, 0.717) is 23.7 Å². The normalized spacial score (nSPS) is 11.0. The van der Waals surface area contributed by atoms with E-state index in [4.69, 9.17) is 4.74 Å². The number of nitrogens with one attached hydrogen (secondary N) is 2. The molecule has 0 saturated heterocycles. The van der Waals surface area contributed by atoms with Gasteiger partial charge in [0.05, 0.1) is 10.6 Å². The molecule has 0 atom stereocenters. The van der Waals surface area contributed by atoms with Gasteiger partial charge in [-0.2, -0.15) is 0 Å². The van der Waals surface area contributed by atoms with Gasteiger partial charge >= 0.3 is 0 Å². The number of aromatic nitrogens is 1. The lowest BCUT2D eigenvalue weighted by atomic mass is 10.2. The van der Waals surface area contributed by atoms with Crippen molar-refractivity contribution in [3.63, 3.8) is 0 Å². The van der Waals surface area contributed by atoms with Gasteiger partial charge < -0.3 is 10.1 Å². The van der Waals surface area contributed by atoms with E-state index in [9.17, 15) is 17.6 Å². The molecule has 0 saturated carbocycles. The number of rotatable bonds is 8. The highest BCUT2D eigenvalue weighted by molar-refractivity contribution is 7.92. The Balaban J connectivity index is 1.40. The molecule has 1 aromatic heterocycles. The molecule has 0 bridgehead atoms. The molecule has 0 fully saturated rings. The summed E-state index contributed by atoms with van der Waals surface area (Å²) in [4.78, 5) is 16.7. The van der Waals surface area contributed by atoms with Gasteiger partial charge in [0.25, 0.3) is 15.9 Å². The molecule has 0 spiro atoms. The van der Waals surface area contributed by atoms with Crippen molar-refractivity contribution < 1.29 is 22.3 Å². The summed E-state index contributed by atoms with van der Waals surface area (Å²) < 4.78 is 46.3. The first-order valence-electron chi connectivity index (χ1n) is 10.2. The maximum absolute atomic E-state index is 13.3. The Morgan fingerprint density at radius 2 is 1.65 bits per heavy atom. The molecule has 0 aliphatic heterocycles. The molecular formula is C25H20FN3O4S. The molecule has 0 aliphatic rings. The summed E-state index contributed by atoms with van der Waals surface area (Å²) in [6.07, 6.45) is 1.48. The minimum Gasteiger partial charge on any atom is -0.473 e. The molecule has 2 N–H and O–H groups in total. The average Bonchev–Trinajstić information content (AvgIpc) is 2.84. The third-order valence-electron chi connectivity index (χ3n) is 4.73. The van der Waals surface area contributed by atoms with E-state index >= 15 is 0 Å². The third kappa shape index (κ3) is 5.96. The summed E-state index contributed by atoms with van der Waals surface area (Å²) in [6.45, 7) is 0.318. The standard InChI is InChI=1S/C25H20FN3O4S/c26-20-7-4-8-22(16-20)29-34(31,32)23-11-9-21(10-12-23)28-25(30)19-13-14-27-24(15-19)33-17-18-5-2-1-3-6-18/h1-16,29H,17H2,(H,28,30). The van der Waals surface area contributed by atoms with Crippen molar-refractivity contribution in [2.24, 2.45) is 0 Å². The zero-order valence-electron chi connectivity index (χ0n) is 17.8. The fourth-order valence-corrected chi connectivity index (χ4v) is 4.10. The number of carbonyl (C=O) groups excluding carboxylic acids is 1. The predicted octanol–water partition coefficient (Wildman–Crippen LogP) is 4.85. The highest BCUT2D eigenvalue weighted by atomic mass is 32.2. The van der Waals surface area contributed by atoms with Crippen molar-refractivity contribution >= 4 is 27.3 Å². The first-order valence-corrected chi connectivity index (χ1v) is 11.7. The summed E-state index contributed by atoms with van der Waals surface area (Å²) >= 11 is 0. The molecule has 1 heterocycles. The largest absolute Gasteiger partial charge is 0.473 e. The van der Waals surface area contributed by atoms with Crippen molar-refractivity contribution in [3.05, 3.63) is 114 Å². The van der Waals surface area contributed by atoms with Crippen LogP contribution in [0, 0.1) is 5.82 Å². The fourth-order valence-electron chi connectivity index (χ4n) is 3.05. The van der Waals surface area contributed by atoms with Crippen LogP contribution >= 0.6 is 0 Å². The van der Waals surface area contributed by atoms with Gasteiger partial charge in [-0.25, -0.2) is 17.8 Å². The van der Waals surface area contributed by atoms with Crippen molar-refractivity contribution in [1.29, 1.82) is 0 Å². The lowest BCUT2D eigenvalue weighted by Gasteiger charge is -2.10. The first kappa shape index (κ1) is 22.9. The number of anilines is 2. The minimum atomic E-state index is -3.92. The van der Waals surface area contributed by atoms with E-state index in [-0.39, 0.29) is 10.6 Å². The number of ether oxygens (including phenoxy) is 1.